The molecule has 0 saturated carbocycles. The molecule has 0 saturated heterocycles. The lowest BCUT2D eigenvalue weighted by Crippen LogP contribution is -2.06. The molecule has 0 aliphatic carbocycles. The van der Waals surface area contributed by atoms with E-state index in [1.165, 1.54) is 0 Å². The van der Waals surface area contributed by atoms with Crippen molar-refractivity contribution in [3.8, 4) is 0 Å². The molecule has 2 N–H and O–H groups in total. The Morgan fingerprint density at radius 3 is 2.71 bits per heavy atom. The van der Waals surface area contributed by atoms with Gasteiger partial charge >= 0.3 is 5.97 Å². The van der Waals surface area contributed by atoms with Crippen molar-refractivity contribution in [2.75, 3.05) is 5.75 Å². The molecule has 0 fully saturated rings. The Labute approximate surface area is 87.8 Å². The molecule has 3 nitrogen and oxygen atoms in total. The van der Waals surface area contributed by atoms with E-state index >= 15 is 0 Å². The zero-order valence-corrected chi connectivity index (χ0v) is 8.63. The highest BCUT2D eigenvalue weighted by Gasteiger charge is 2.01. The van der Waals surface area contributed by atoms with Crippen LogP contribution in [0.2, 0.25) is 0 Å². The van der Waals surface area contributed by atoms with Gasteiger partial charge in [0.25, 0.3) is 0 Å². The summed E-state index contributed by atoms with van der Waals surface area (Å²) in [5.74, 6) is 0.403. The van der Waals surface area contributed by atoms with Crippen molar-refractivity contribution in [1.29, 1.82) is 0 Å². The summed E-state index contributed by atoms with van der Waals surface area (Å²) in [5.41, 5.74) is 1.00. The number of carbonyl (C=O) groups excluding carboxylic acids is 1. The van der Waals surface area contributed by atoms with Crippen molar-refractivity contribution in [1.82, 2.24) is 0 Å². The van der Waals surface area contributed by atoms with Gasteiger partial charge in [-0.05, 0) is 5.56 Å². The molecule has 0 unspecified atom stereocenters. The largest absolute Gasteiger partial charge is 0.461 e. The zero-order chi connectivity index (χ0) is 10.2. The van der Waals surface area contributed by atoms with Crippen molar-refractivity contribution in [2.45, 2.75) is 13.0 Å². The molecule has 0 atom stereocenters. The first-order valence-electron chi connectivity index (χ1n) is 4.34. The molecule has 14 heavy (non-hydrogen) atoms. The third-order valence-electron chi connectivity index (χ3n) is 1.67. The maximum atomic E-state index is 11.1. The van der Waals surface area contributed by atoms with Crippen LogP contribution in [0.1, 0.15) is 12.0 Å². The highest BCUT2D eigenvalue weighted by atomic mass is 32.2. The first-order valence-corrected chi connectivity index (χ1v) is 5.39. The fourth-order valence-electron chi connectivity index (χ4n) is 0.952. The second-order valence-corrected chi connectivity index (χ2v) is 3.51. The van der Waals surface area contributed by atoms with E-state index < -0.39 is 0 Å². The van der Waals surface area contributed by atoms with Gasteiger partial charge in [0.05, 0.1) is 6.42 Å². The molecule has 76 valence electrons. The third kappa shape index (κ3) is 4.30. The van der Waals surface area contributed by atoms with E-state index in [2.05, 4.69) is 0 Å². The van der Waals surface area contributed by atoms with Crippen LogP contribution in [0.5, 0.6) is 0 Å². The highest BCUT2D eigenvalue weighted by molar-refractivity contribution is 7.97. The Morgan fingerprint density at radius 2 is 2.07 bits per heavy atom. The Bertz CT molecular complexity index is 277. The number of nitrogens with two attached hydrogens (primary N) is 1. The fraction of sp³-hybridized carbons (Fsp3) is 0.300. The number of rotatable bonds is 5. The van der Waals surface area contributed by atoms with E-state index in [1.54, 1.807) is 0 Å². The standard InChI is InChI=1S/C10H13NO2S/c11-14-7-6-10(12)13-8-9-4-2-1-3-5-9/h1-5H,6-8,11H2. The van der Waals surface area contributed by atoms with Gasteiger partial charge in [-0.15, -0.1) is 0 Å². The van der Waals surface area contributed by atoms with Crippen molar-refractivity contribution < 1.29 is 9.53 Å². The molecule has 1 aromatic carbocycles. The summed E-state index contributed by atoms with van der Waals surface area (Å²) in [6.45, 7) is 0.342. The number of hydrogen-bond acceptors (Lipinski definition) is 4. The van der Waals surface area contributed by atoms with Gasteiger partial charge < -0.3 is 4.74 Å². The molecule has 1 aromatic rings. The smallest absolute Gasteiger partial charge is 0.307 e. The minimum atomic E-state index is -0.202. The van der Waals surface area contributed by atoms with Gasteiger partial charge in [0.15, 0.2) is 0 Å². The zero-order valence-electron chi connectivity index (χ0n) is 7.81. The molecule has 0 heterocycles. The normalized spacial score (nSPS) is 9.79. The van der Waals surface area contributed by atoms with Crippen LogP contribution in [0.3, 0.4) is 0 Å². The van der Waals surface area contributed by atoms with E-state index in [-0.39, 0.29) is 5.97 Å². The Morgan fingerprint density at radius 1 is 1.36 bits per heavy atom. The molecule has 0 aliphatic rings. The molecular formula is C10H13NO2S. The molecular weight excluding hydrogens is 198 g/mol. The van der Waals surface area contributed by atoms with Gasteiger partial charge in [0.1, 0.15) is 6.61 Å². The number of hydrogen-bond donors (Lipinski definition) is 1. The van der Waals surface area contributed by atoms with Crippen LogP contribution in [0.25, 0.3) is 0 Å². The molecule has 4 heteroatoms. The summed E-state index contributed by atoms with van der Waals surface area (Å²) in [5, 5.41) is 5.19. The molecule has 0 aliphatic heterocycles. The number of carbonyl (C=O) groups is 1. The topological polar surface area (TPSA) is 52.3 Å². The second-order valence-electron chi connectivity index (χ2n) is 2.77. The summed E-state index contributed by atoms with van der Waals surface area (Å²) in [6, 6.07) is 9.60. The predicted octanol–water partition coefficient (Wildman–Crippen LogP) is 1.73. The van der Waals surface area contributed by atoms with Crippen LogP contribution in [-0.4, -0.2) is 11.7 Å². The van der Waals surface area contributed by atoms with Crippen molar-refractivity contribution in [2.24, 2.45) is 5.14 Å². The molecule has 0 aromatic heterocycles. The summed E-state index contributed by atoms with van der Waals surface area (Å²) in [7, 11) is 0. The average Bonchev–Trinajstić information content (AvgIpc) is 2.25. The molecule has 0 bridgehead atoms. The summed E-state index contributed by atoms with van der Waals surface area (Å²) < 4.78 is 5.02. The van der Waals surface area contributed by atoms with Gasteiger partial charge in [0, 0.05) is 5.75 Å². The number of esters is 1. The minimum absolute atomic E-state index is 0.202. The Kier molecular flexibility index (Phi) is 5.11. The van der Waals surface area contributed by atoms with E-state index in [0.717, 1.165) is 17.5 Å². The van der Waals surface area contributed by atoms with E-state index in [9.17, 15) is 4.79 Å². The van der Waals surface area contributed by atoms with Crippen LogP contribution in [-0.2, 0) is 16.1 Å². The van der Waals surface area contributed by atoms with Crippen LogP contribution < -0.4 is 5.14 Å². The highest BCUT2D eigenvalue weighted by Crippen LogP contribution is 2.02. The lowest BCUT2D eigenvalue weighted by molar-refractivity contribution is -0.144. The van der Waals surface area contributed by atoms with E-state index in [0.29, 0.717) is 18.8 Å². The first kappa shape index (κ1) is 11.1. The molecule has 1 rings (SSSR count). The summed E-state index contributed by atoms with van der Waals surface area (Å²) in [4.78, 5) is 11.1. The van der Waals surface area contributed by atoms with Crippen LogP contribution in [0.4, 0.5) is 0 Å². The Hall–Kier alpha value is -1.00. The lowest BCUT2D eigenvalue weighted by Gasteiger charge is -2.03. The van der Waals surface area contributed by atoms with Crippen molar-refractivity contribution >= 4 is 17.9 Å². The molecule has 0 spiro atoms. The molecule has 0 radical (unpaired) electrons. The number of ether oxygens (including phenoxy) is 1. The monoisotopic (exact) mass is 211 g/mol. The quantitative estimate of drug-likeness (QED) is 0.595. The van der Waals surface area contributed by atoms with Crippen LogP contribution in [0, 0.1) is 0 Å². The summed E-state index contributed by atoms with van der Waals surface area (Å²) >= 11 is 1.15. The maximum absolute atomic E-state index is 11.1. The fourth-order valence-corrected chi connectivity index (χ4v) is 1.24. The van der Waals surface area contributed by atoms with E-state index in [4.69, 9.17) is 9.88 Å². The average molecular weight is 211 g/mol. The minimum Gasteiger partial charge on any atom is -0.461 e. The van der Waals surface area contributed by atoms with Gasteiger partial charge in [0.2, 0.25) is 0 Å². The number of benzene rings is 1. The lowest BCUT2D eigenvalue weighted by atomic mass is 10.2. The van der Waals surface area contributed by atoms with Crippen molar-refractivity contribution in [3.05, 3.63) is 35.9 Å². The van der Waals surface area contributed by atoms with Gasteiger partial charge in [-0.25, -0.2) is 0 Å². The predicted molar refractivity (Wildman–Crippen MR) is 57.5 cm³/mol. The third-order valence-corrected chi connectivity index (χ3v) is 2.11. The first-order chi connectivity index (χ1) is 6.83. The van der Waals surface area contributed by atoms with E-state index in [1.807, 2.05) is 30.3 Å². The second kappa shape index (κ2) is 6.45. The van der Waals surface area contributed by atoms with Gasteiger partial charge in [-0.2, -0.15) is 0 Å². The van der Waals surface area contributed by atoms with Crippen LogP contribution >= 0.6 is 11.9 Å². The van der Waals surface area contributed by atoms with Gasteiger partial charge in [-0.3, -0.25) is 9.93 Å². The SMILES string of the molecule is NSCCC(=O)OCc1ccccc1. The van der Waals surface area contributed by atoms with Gasteiger partial charge in [-0.1, -0.05) is 42.3 Å². The molecule has 0 amide bonds. The summed E-state index contributed by atoms with van der Waals surface area (Å²) in [6.07, 6.45) is 0.369. The van der Waals surface area contributed by atoms with Crippen molar-refractivity contribution in [3.63, 3.8) is 0 Å². The van der Waals surface area contributed by atoms with Crippen LogP contribution in [0.15, 0.2) is 30.3 Å². The maximum Gasteiger partial charge on any atom is 0.307 e. The Balaban J connectivity index is 2.24.